The molecule has 17 heavy (non-hydrogen) atoms. The molecule has 2 heterocycles. The molecular weight excluding hydrogens is 299 g/mol. The predicted octanol–water partition coefficient (Wildman–Crippen LogP) is 4.76. The molecule has 0 radical (unpaired) electrons. The molecule has 2 nitrogen and oxygen atoms in total. The summed E-state index contributed by atoms with van der Waals surface area (Å²) in [6.45, 7) is 0.751. The van der Waals surface area contributed by atoms with Crippen molar-refractivity contribution in [3.63, 3.8) is 0 Å². The van der Waals surface area contributed by atoms with Crippen LogP contribution in [0.3, 0.4) is 0 Å². The minimum atomic E-state index is 0.258. The van der Waals surface area contributed by atoms with Gasteiger partial charge >= 0.3 is 0 Å². The van der Waals surface area contributed by atoms with Crippen molar-refractivity contribution < 1.29 is 0 Å². The highest BCUT2D eigenvalue weighted by Crippen LogP contribution is 2.28. The van der Waals surface area contributed by atoms with Crippen LogP contribution in [-0.4, -0.2) is 11.5 Å². The number of hydrogen-bond donors (Lipinski definition) is 1. The number of pyridine rings is 1. The number of nitrogens with zero attached hydrogens (tertiary/aromatic N) is 1. The predicted molar refractivity (Wildman–Crippen MR) is 75.8 cm³/mol. The summed E-state index contributed by atoms with van der Waals surface area (Å²) in [7, 11) is 0. The molecule has 6 heteroatoms. The Bertz CT molecular complexity index is 500. The Morgan fingerprint density at radius 1 is 1.24 bits per heavy atom. The van der Waals surface area contributed by atoms with E-state index in [9.17, 15) is 0 Å². The standard InChI is InChI=1S/C11H9Cl3N2S/c12-8-5-9(13)11(16-10(8)14)15-3-1-7-2-4-17-6-7/h2,4-6H,1,3H2,(H,15,16). The van der Waals surface area contributed by atoms with Crippen molar-refractivity contribution in [1.82, 2.24) is 4.98 Å². The number of thiophene rings is 1. The monoisotopic (exact) mass is 306 g/mol. The second-order valence-electron chi connectivity index (χ2n) is 3.40. The third kappa shape index (κ3) is 3.49. The van der Waals surface area contributed by atoms with Gasteiger partial charge in [0.05, 0.1) is 10.0 Å². The van der Waals surface area contributed by atoms with E-state index in [2.05, 4.69) is 27.1 Å². The summed E-state index contributed by atoms with van der Waals surface area (Å²) in [5.41, 5.74) is 1.29. The molecule has 1 N–H and O–H groups in total. The van der Waals surface area contributed by atoms with Crippen LogP contribution >= 0.6 is 46.1 Å². The molecule has 0 saturated heterocycles. The molecule has 0 bridgehead atoms. The van der Waals surface area contributed by atoms with Gasteiger partial charge < -0.3 is 5.32 Å². The zero-order valence-electron chi connectivity index (χ0n) is 8.71. The smallest absolute Gasteiger partial charge is 0.150 e. The van der Waals surface area contributed by atoms with Gasteiger partial charge in [0.25, 0.3) is 0 Å². The Morgan fingerprint density at radius 3 is 2.76 bits per heavy atom. The topological polar surface area (TPSA) is 24.9 Å². The minimum Gasteiger partial charge on any atom is -0.368 e. The maximum atomic E-state index is 6.00. The molecule has 0 saturated carbocycles. The molecule has 0 amide bonds. The van der Waals surface area contributed by atoms with E-state index in [-0.39, 0.29) is 5.15 Å². The summed E-state index contributed by atoms with van der Waals surface area (Å²) >= 11 is 19.3. The molecule has 0 unspecified atom stereocenters. The van der Waals surface area contributed by atoms with E-state index < -0.39 is 0 Å². The summed E-state index contributed by atoms with van der Waals surface area (Å²) in [5, 5.41) is 8.41. The van der Waals surface area contributed by atoms with Crippen molar-refractivity contribution in [2.75, 3.05) is 11.9 Å². The van der Waals surface area contributed by atoms with E-state index in [1.165, 1.54) is 5.56 Å². The highest BCUT2D eigenvalue weighted by Gasteiger charge is 2.07. The Morgan fingerprint density at radius 2 is 2.06 bits per heavy atom. The molecule has 0 aromatic carbocycles. The molecule has 2 rings (SSSR count). The van der Waals surface area contributed by atoms with Gasteiger partial charge in [0.2, 0.25) is 0 Å². The maximum Gasteiger partial charge on any atom is 0.150 e. The van der Waals surface area contributed by atoms with Crippen LogP contribution in [0.15, 0.2) is 22.9 Å². The number of nitrogens with one attached hydrogen (secondary N) is 1. The van der Waals surface area contributed by atoms with Crippen LogP contribution in [0, 0.1) is 0 Å². The van der Waals surface area contributed by atoms with Crippen molar-refractivity contribution in [2.45, 2.75) is 6.42 Å². The Kier molecular flexibility index (Phi) is 4.51. The largest absolute Gasteiger partial charge is 0.368 e. The van der Waals surface area contributed by atoms with Gasteiger partial charge in [-0.25, -0.2) is 4.98 Å². The lowest BCUT2D eigenvalue weighted by Crippen LogP contribution is -2.06. The normalized spacial score (nSPS) is 10.5. The van der Waals surface area contributed by atoms with Gasteiger partial charge in [0.1, 0.15) is 11.0 Å². The quantitative estimate of drug-likeness (QED) is 0.824. The molecule has 2 aromatic heterocycles. The van der Waals surface area contributed by atoms with Crippen molar-refractivity contribution >= 4 is 52.0 Å². The first-order valence-corrected chi connectivity index (χ1v) is 7.01. The third-order valence-electron chi connectivity index (χ3n) is 2.17. The SMILES string of the molecule is Clc1cc(Cl)c(NCCc2ccsc2)nc1Cl. The van der Waals surface area contributed by atoms with Crippen molar-refractivity contribution in [1.29, 1.82) is 0 Å². The molecular formula is C11H9Cl3N2S. The molecule has 0 spiro atoms. The van der Waals surface area contributed by atoms with Gasteiger partial charge in [-0.1, -0.05) is 34.8 Å². The fraction of sp³-hybridized carbons (Fsp3) is 0.182. The van der Waals surface area contributed by atoms with E-state index in [0.29, 0.717) is 15.9 Å². The third-order valence-corrected chi connectivity index (χ3v) is 3.87. The lowest BCUT2D eigenvalue weighted by atomic mass is 10.2. The Labute approximate surface area is 119 Å². The zero-order chi connectivity index (χ0) is 12.3. The second kappa shape index (κ2) is 5.91. The maximum absolute atomic E-state index is 6.00. The van der Waals surface area contributed by atoms with E-state index in [1.807, 2.05) is 0 Å². The van der Waals surface area contributed by atoms with Crippen LogP contribution in [0.2, 0.25) is 15.2 Å². The van der Waals surface area contributed by atoms with E-state index in [1.54, 1.807) is 17.4 Å². The van der Waals surface area contributed by atoms with Crippen LogP contribution < -0.4 is 5.32 Å². The van der Waals surface area contributed by atoms with Crippen molar-refractivity contribution in [3.8, 4) is 0 Å². The van der Waals surface area contributed by atoms with Gasteiger partial charge in [-0.3, -0.25) is 0 Å². The summed E-state index contributed by atoms with van der Waals surface area (Å²) in [5.74, 6) is 0.566. The average molecular weight is 308 g/mol. The van der Waals surface area contributed by atoms with Crippen LogP contribution in [0.4, 0.5) is 5.82 Å². The van der Waals surface area contributed by atoms with Crippen molar-refractivity contribution in [3.05, 3.63) is 43.7 Å². The van der Waals surface area contributed by atoms with E-state index in [4.69, 9.17) is 34.8 Å². The summed E-state index contributed by atoms with van der Waals surface area (Å²) in [6, 6.07) is 3.68. The number of hydrogen-bond acceptors (Lipinski definition) is 3. The van der Waals surface area contributed by atoms with Gasteiger partial charge in [-0.2, -0.15) is 11.3 Å². The molecule has 0 aliphatic heterocycles. The first-order chi connectivity index (χ1) is 8.16. The molecule has 0 aliphatic rings. The average Bonchev–Trinajstić information content (AvgIpc) is 2.78. The summed E-state index contributed by atoms with van der Waals surface area (Å²) < 4.78 is 0. The van der Waals surface area contributed by atoms with Crippen LogP contribution in [0.25, 0.3) is 0 Å². The number of halogens is 3. The number of anilines is 1. The van der Waals surface area contributed by atoms with Crippen LogP contribution in [-0.2, 0) is 6.42 Å². The van der Waals surface area contributed by atoms with Crippen LogP contribution in [0.1, 0.15) is 5.56 Å². The number of rotatable bonds is 4. The lowest BCUT2D eigenvalue weighted by molar-refractivity contribution is 1.01. The Hall–Kier alpha value is -0.480. The van der Waals surface area contributed by atoms with E-state index in [0.717, 1.165) is 13.0 Å². The Balaban J connectivity index is 1.97. The molecule has 0 atom stereocenters. The summed E-state index contributed by atoms with van der Waals surface area (Å²) in [6.07, 6.45) is 0.918. The van der Waals surface area contributed by atoms with Gasteiger partial charge in [0.15, 0.2) is 0 Å². The fourth-order valence-electron chi connectivity index (χ4n) is 1.33. The molecule has 2 aromatic rings. The van der Waals surface area contributed by atoms with Crippen LogP contribution in [0.5, 0.6) is 0 Å². The van der Waals surface area contributed by atoms with Gasteiger partial charge in [0, 0.05) is 6.54 Å². The molecule has 0 fully saturated rings. The highest BCUT2D eigenvalue weighted by molar-refractivity contribution is 7.07. The van der Waals surface area contributed by atoms with Crippen molar-refractivity contribution in [2.24, 2.45) is 0 Å². The number of aromatic nitrogens is 1. The second-order valence-corrected chi connectivity index (χ2v) is 5.35. The molecule has 90 valence electrons. The minimum absolute atomic E-state index is 0.258. The lowest BCUT2D eigenvalue weighted by Gasteiger charge is -2.07. The fourth-order valence-corrected chi connectivity index (χ4v) is 2.60. The highest BCUT2D eigenvalue weighted by atomic mass is 35.5. The molecule has 0 aliphatic carbocycles. The van der Waals surface area contributed by atoms with E-state index >= 15 is 0 Å². The summed E-state index contributed by atoms with van der Waals surface area (Å²) in [4.78, 5) is 4.08. The zero-order valence-corrected chi connectivity index (χ0v) is 11.8. The van der Waals surface area contributed by atoms with Gasteiger partial charge in [-0.15, -0.1) is 0 Å². The van der Waals surface area contributed by atoms with Gasteiger partial charge in [-0.05, 0) is 34.9 Å². The first-order valence-electron chi connectivity index (χ1n) is 4.93. The first kappa shape index (κ1) is 13.0.